The predicted octanol–water partition coefficient (Wildman–Crippen LogP) is 1.41. The fourth-order valence-electron chi connectivity index (χ4n) is 0.948. The topological polar surface area (TPSA) is 72.5 Å². The first-order valence-corrected chi connectivity index (χ1v) is 5.37. The fraction of sp³-hybridized carbons (Fsp3) is 0.300. The first-order chi connectivity index (χ1) is 7.13. The smallest absolute Gasteiger partial charge is 0.323 e. The highest BCUT2D eigenvalue weighted by Crippen LogP contribution is 2.21. The third kappa shape index (κ3) is 4.74. The van der Waals surface area contributed by atoms with Crippen molar-refractivity contribution < 1.29 is 14.6 Å². The van der Waals surface area contributed by atoms with Crippen LogP contribution in [-0.2, 0) is 9.53 Å². The van der Waals surface area contributed by atoms with E-state index in [1.54, 1.807) is 24.3 Å². The van der Waals surface area contributed by atoms with Gasteiger partial charge in [0.15, 0.2) is 0 Å². The van der Waals surface area contributed by atoms with Crippen LogP contribution in [0, 0.1) is 0 Å². The average molecular weight is 264 g/mol. The van der Waals surface area contributed by atoms with Gasteiger partial charge in [-0.2, -0.15) is 0 Å². The molecule has 6 heteroatoms. The Morgan fingerprint density at radius 1 is 1.50 bits per heavy atom. The van der Waals surface area contributed by atoms with Crippen LogP contribution in [0.4, 0.5) is 0 Å². The number of phenolic OH excluding ortho intramolecular Hbond substituents is 1. The van der Waals surface area contributed by atoms with Crippen molar-refractivity contribution in [3.8, 4) is 5.75 Å². The maximum Gasteiger partial charge on any atom is 0.323 e. The Bertz CT molecular complexity index is 331. The molecule has 0 aliphatic rings. The van der Waals surface area contributed by atoms with Crippen LogP contribution < -0.4 is 5.73 Å². The predicted molar refractivity (Wildman–Crippen MR) is 66.1 cm³/mol. The van der Waals surface area contributed by atoms with Gasteiger partial charge >= 0.3 is 5.97 Å². The summed E-state index contributed by atoms with van der Waals surface area (Å²) in [6.45, 7) is 0. The number of methoxy groups -OCH3 is 1. The first kappa shape index (κ1) is 15.1. The zero-order valence-corrected chi connectivity index (χ0v) is 10.4. The summed E-state index contributed by atoms with van der Waals surface area (Å²) in [7, 11) is 1.31. The van der Waals surface area contributed by atoms with Gasteiger partial charge in [-0.15, -0.1) is 24.2 Å². The summed E-state index contributed by atoms with van der Waals surface area (Å²) in [4.78, 5) is 11.9. The molecule has 0 radical (unpaired) electrons. The molecule has 1 atom stereocenters. The third-order valence-electron chi connectivity index (χ3n) is 1.77. The summed E-state index contributed by atoms with van der Waals surface area (Å²) in [6, 6.07) is 6.10. The molecule has 16 heavy (non-hydrogen) atoms. The quantitative estimate of drug-likeness (QED) is 0.635. The van der Waals surface area contributed by atoms with Gasteiger partial charge in [-0.05, 0) is 24.3 Å². The van der Waals surface area contributed by atoms with Crippen molar-refractivity contribution >= 4 is 30.1 Å². The molecule has 4 nitrogen and oxygen atoms in total. The summed E-state index contributed by atoms with van der Waals surface area (Å²) in [5.74, 6) is 0.259. The van der Waals surface area contributed by atoms with Crippen molar-refractivity contribution in [1.29, 1.82) is 0 Å². The van der Waals surface area contributed by atoms with Gasteiger partial charge in [0.2, 0.25) is 0 Å². The second-order valence-electron chi connectivity index (χ2n) is 2.93. The summed E-state index contributed by atoms with van der Waals surface area (Å²) in [6.07, 6.45) is 0. The van der Waals surface area contributed by atoms with Crippen molar-refractivity contribution in [1.82, 2.24) is 0 Å². The molecule has 0 heterocycles. The monoisotopic (exact) mass is 263 g/mol. The number of halogens is 1. The molecule has 90 valence electrons. The lowest BCUT2D eigenvalue weighted by atomic mass is 10.3. The normalized spacial score (nSPS) is 11.4. The molecule has 0 saturated carbocycles. The lowest BCUT2D eigenvalue weighted by Crippen LogP contribution is -2.33. The van der Waals surface area contributed by atoms with E-state index < -0.39 is 12.0 Å². The van der Waals surface area contributed by atoms with Crippen LogP contribution in [0.15, 0.2) is 29.2 Å². The number of hydrogen-bond acceptors (Lipinski definition) is 5. The van der Waals surface area contributed by atoms with E-state index in [-0.39, 0.29) is 18.2 Å². The van der Waals surface area contributed by atoms with Crippen molar-refractivity contribution in [2.75, 3.05) is 12.9 Å². The molecule has 3 N–H and O–H groups in total. The number of benzene rings is 1. The lowest BCUT2D eigenvalue weighted by molar-refractivity contribution is -0.141. The number of hydrogen-bond donors (Lipinski definition) is 2. The molecule has 0 aliphatic carbocycles. The van der Waals surface area contributed by atoms with Crippen molar-refractivity contribution in [2.24, 2.45) is 5.73 Å². The summed E-state index contributed by atoms with van der Waals surface area (Å²) >= 11 is 1.44. The molecule has 1 aromatic rings. The van der Waals surface area contributed by atoms with Crippen LogP contribution in [-0.4, -0.2) is 30.0 Å². The summed E-state index contributed by atoms with van der Waals surface area (Å²) < 4.78 is 4.50. The maximum absolute atomic E-state index is 11.0. The van der Waals surface area contributed by atoms with Crippen LogP contribution in [0.2, 0.25) is 0 Å². The van der Waals surface area contributed by atoms with Crippen LogP contribution in [0.3, 0.4) is 0 Å². The van der Waals surface area contributed by atoms with E-state index in [9.17, 15) is 4.79 Å². The van der Waals surface area contributed by atoms with E-state index >= 15 is 0 Å². The molecule has 0 spiro atoms. The minimum atomic E-state index is -0.617. The number of nitrogens with two attached hydrogens (primary N) is 1. The Labute approximate surface area is 105 Å². The van der Waals surface area contributed by atoms with Crippen LogP contribution in [0.5, 0.6) is 5.75 Å². The number of phenols is 1. The van der Waals surface area contributed by atoms with E-state index in [2.05, 4.69) is 4.74 Å². The molecule has 1 rings (SSSR count). The average Bonchev–Trinajstić information content (AvgIpc) is 2.26. The van der Waals surface area contributed by atoms with E-state index in [1.807, 2.05) is 0 Å². The highest BCUT2D eigenvalue weighted by atomic mass is 35.5. The minimum Gasteiger partial charge on any atom is -0.508 e. The molecular weight excluding hydrogens is 250 g/mol. The van der Waals surface area contributed by atoms with Crippen molar-refractivity contribution in [3.63, 3.8) is 0 Å². The Morgan fingerprint density at radius 2 is 2.06 bits per heavy atom. The van der Waals surface area contributed by atoms with E-state index in [0.29, 0.717) is 5.75 Å². The molecule has 0 bridgehead atoms. The van der Waals surface area contributed by atoms with Crippen molar-refractivity contribution in [3.05, 3.63) is 24.3 Å². The summed E-state index contributed by atoms with van der Waals surface area (Å²) in [5.41, 5.74) is 5.56. The van der Waals surface area contributed by atoms with Gasteiger partial charge in [0.1, 0.15) is 11.8 Å². The molecule has 0 fully saturated rings. The molecule has 0 aliphatic heterocycles. The van der Waals surface area contributed by atoms with Crippen LogP contribution in [0.1, 0.15) is 0 Å². The molecule has 0 amide bonds. The standard InChI is InChI=1S/C10H13NO3S.ClH/c1-14-10(13)9(11)6-15-8-4-2-7(12)3-5-8;/h2-5,9,12H,6,11H2,1H3;1H. The summed E-state index contributed by atoms with van der Waals surface area (Å²) in [5, 5.41) is 9.05. The Kier molecular flexibility index (Phi) is 6.96. The van der Waals surface area contributed by atoms with E-state index in [0.717, 1.165) is 4.90 Å². The first-order valence-electron chi connectivity index (χ1n) is 4.38. The largest absolute Gasteiger partial charge is 0.508 e. The SMILES string of the molecule is COC(=O)C(N)CSc1ccc(O)cc1.Cl. The van der Waals surface area contributed by atoms with E-state index in [4.69, 9.17) is 10.8 Å². The zero-order chi connectivity index (χ0) is 11.3. The lowest BCUT2D eigenvalue weighted by Gasteiger charge is -2.08. The molecule has 1 unspecified atom stereocenters. The highest BCUT2D eigenvalue weighted by molar-refractivity contribution is 7.99. The zero-order valence-electron chi connectivity index (χ0n) is 8.75. The number of esters is 1. The molecular formula is C10H14ClNO3S. The third-order valence-corrected chi connectivity index (χ3v) is 2.90. The fourth-order valence-corrected chi connectivity index (χ4v) is 1.78. The van der Waals surface area contributed by atoms with Crippen LogP contribution in [0.25, 0.3) is 0 Å². The molecule has 0 saturated heterocycles. The maximum atomic E-state index is 11.0. The number of carbonyl (C=O) groups is 1. The number of carbonyl (C=O) groups excluding carboxylic acids is 1. The Hall–Kier alpha value is -0.910. The van der Waals surface area contributed by atoms with Gasteiger partial charge in [-0.25, -0.2) is 0 Å². The number of ether oxygens (including phenoxy) is 1. The number of thioether (sulfide) groups is 1. The van der Waals surface area contributed by atoms with Gasteiger partial charge in [-0.1, -0.05) is 0 Å². The van der Waals surface area contributed by atoms with Gasteiger partial charge < -0.3 is 15.6 Å². The number of rotatable bonds is 4. The minimum absolute atomic E-state index is 0. The second-order valence-corrected chi connectivity index (χ2v) is 4.03. The van der Waals surface area contributed by atoms with E-state index in [1.165, 1.54) is 18.9 Å². The van der Waals surface area contributed by atoms with Gasteiger partial charge in [-0.3, -0.25) is 4.79 Å². The Morgan fingerprint density at radius 3 is 2.56 bits per heavy atom. The Balaban J connectivity index is 0.00000225. The van der Waals surface area contributed by atoms with Gasteiger partial charge in [0.25, 0.3) is 0 Å². The highest BCUT2D eigenvalue weighted by Gasteiger charge is 2.13. The molecule has 1 aromatic carbocycles. The second kappa shape index (κ2) is 7.38. The molecule has 0 aromatic heterocycles. The van der Waals surface area contributed by atoms with Gasteiger partial charge in [0, 0.05) is 10.6 Å². The van der Waals surface area contributed by atoms with Crippen molar-refractivity contribution in [2.45, 2.75) is 10.9 Å². The van der Waals surface area contributed by atoms with Gasteiger partial charge in [0.05, 0.1) is 7.11 Å². The number of aromatic hydroxyl groups is 1. The van der Waals surface area contributed by atoms with Crippen LogP contribution >= 0.6 is 24.2 Å².